The summed E-state index contributed by atoms with van der Waals surface area (Å²) in [5.41, 5.74) is 4.18. The van der Waals surface area contributed by atoms with Gasteiger partial charge >= 0.3 is 0 Å². The number of benzene rings is 2. The van der Waals surface area contributed by atoms with Gasteiger partial charge in [-0.2, -0.15) is 0 Å². The van der Waals surface area contributed by atoms with Gasteiger partial charge in [-0.3, -0.25) is 0 Å². The summed E-state index contributed by atoms with van der Waals surface area (Å²) < 4.78 is 0. The summed E-state index contributed by atoms with van der Waals surface area (Å²) in [4.78, 5) is 4.63. The van der Waals surface area contributed by atoms with E-state index in [0.29, 0.717) is 0 Å². The van der Waals surface area contributed by atoms with E-state index >= 15 is 0 Å². The number of aromatic hydroxyl groups is 1. The molecule has 0 saturated heterocycles. The topological polar surface area (TPSA) is 33.1 Å². The van der Waals surface area contributed by atoms with Crippen molar-refractivity contribution in [2.45, 2.75) is 13.3 Å². The van der Waals surface area contributed by atoms with E-state index in [-0.39, 0.29) is 5.75 Å². The Morgan fingerprint density at radius 3 is 2.50 bits per heavy atom. The summed E-state index contributed by atoms with van der Waals surface area (Å²) >= 11 is 1.55. The highest BCUT2D eigenvalue weighted by Gasteiger charge is 2.09. The lowest BCUT2D eigenvalue weighted by molar-refractivity contribution is 0.477. The molecule has 0 atom stereocenters. The van der Waals surface area contributed by atoms with Crippen molar-refractivity contribution in [3.05, 3.63) is 59.5 Å². The minimum atomic E-state index is 0.273. The van der Waals surface area contributed by atoms with E-state index in [2.05, 4.69) is 36.2 Å². The first-order chi connectivity index (χ1) is 9.78. The van der Waals surface area contributed by atoms with Crippen LogP contribution < -0.4 is 0 Å². The van der Waals surface area contributed by atoms with Crippen molar-refractivity contribution in [1.82, 2.24) is 4.98 Å². The van der Waals surface area contributed by atoms with Gasteiger partial charge in [-0.25, -0.2) is 4.98 Å². The zero-order valence-electron chi connectivity index (χ0n) is 11.2. The van der Waals surface area contributed by atoms with Crippen LogP contribution in [0, 0.1) is 0 Å². The quantitative estimate of drug-likeness (QED) is 0.752. The molecule has 1 aromatic heterocycles. The van der Waals surface area contributed by atoms with Crippen LogP contribution in [0.1, 0.15) is 12.5 Å². The Hall–Kier alpha value is -2.13. The summed E-state index contributed by atoms with van der Waals surface area (Å²) in [6.07, 6.45) is 1.04. The van der Waals surface area contributed by atoms with Crippen LogP contribution in [0.5, 0.6) is 5.75 Å². The second-order valence-electron chi connectivity index (χ2n) is 4.61. The number of phenolic OH excluding ortho intramolecular Hbond substituents is 1. The van der Waals surface area contributed by atoms with Gasteiger partial charge in [-0.05, 0) is 24.1 Å². The van der Waals surface area contributed by atoms with Gasteiger partial charge < -0.3 is 5.11 Å². The Bertz CT molecular complexity index is 716. The summed E-state index contributed by atoms with van der Waals surface area (Å²) in [5, 5.41) is 12.8. The molecule has 2 nitrogen and oxygen atoms in total. The average Bonchev–Trinajstić information content (AvgIpc) is 2.97. The number of phenols is 1. The fourth-order valence-corrected chi connectivity index (χ4v) is 2.96. The molecule has 3 heteroatoms. The van der Waals surface area contributed by atoms with E-state index in [1.54, 1.807) is 17.4 Å². The number of hydrogen-bond donors (Lipinski definition) is 1. The van der Waals surface area contributed by atoms with Gasteiger partial charge in [0, 0.05) is 10.9 Å². The Kier molecular flexibility index (Phi) is 3.52. The van der Waals surface area contributed by atoms with E-state index in [1.165, 1.54) is 5.56 Å². The fraction of sp³-hybridized carbons (Fsp3) is 0.118. The van der Waals surface area contributed by atoms with Crippen LogP contribution in [-0.4, -0.2) is 10.1 Å². The number of aryl methyl sites for hydroxylation is 1. The van der Waals surface area contributed by atoms with Gasteiger partial charge in [0.05, 0.1) is 11.3 Å². The van der Waals surface area contributed by atoms with Crippen molar-refractivity contribution in [2.24, 2.45) is 0 Å². The van der Waals surface area contributed by atoms with Gasteiger partial charge in [-0.1, -0.05) is 43.3 Å². The van der Waals surface area contributed by atoms with Crippen LogP contribution in [0.25, 0.3) is 21.8 Å². The van der Waals surface area contributed by atoms with Crippen LogP contribution in [0.3, 0.4) is 0 Å². The highest BCUT2D eigenvalue weighted by atomic mass is 32.1. The molecule has 0 bridgehead atoms. The van der Waals surface area contributed by atoms with E-state index < -0.39 is 0 Å². The third-order valence-electron chi connectivity index (χ3n) is 3.30. The minimum absolute atomic E-state index is 0.273. The summed E-state index contributed by atoms with van der Waals surface area (Å²) in [5.74, 6) is 0.273. The maximum atomic E-state index is 9.88. The van der Waals surface area contributed by atoms with Crippen LogP contribution >= 0.6 is 11.3 Å². The SMILES string of the molecule is CCc1ccc(-c2csc(-c3ccccc3O)n2)cc1. The Morgan fingerprint density at radius 2 is 1.80 bits per heavy atom. The summed E-state index contributed by atoms with van der Waals surface area (Å²) in [6, 6.07) is 15.8. The van der Waals surface area contributed by atoms with Crippen molar-refractivity contribution < 1.29 is 5.11 Å². The molecule has 2 aromatic carbocycles. The summed E-state index contributed by atoms with van der Waals surface area (Å²) in [7, 11) is 0. The minimum Gasteiger partial charge on any atom is -0.507 e. The Morgan fingerprint density at radius 1 is 1.05 bits per heavy atom. The normalized spacial score (nSPS) is 10.7. The maximum Gasteiger partial charge on any atom is 0.127 e. The lowest BCUT2D eigenvalue weighted by Crippen LogP contribution is -1.82. The van der Waals surface area contributed by atoms with Gasteiger partial charge in [0.15, 0.2) is 0 Å². The third kappa shape index (κ3) is 2.45. The largest absolute Gasteiger partial charge is 0.507 e. The first kappa shape index (κ1) is 12.9. The van der Waals surface area contributed by atoms with Gasteiger partial charge in [0.25, 0.3) is 0 Å². The van der Waals surface area contributed by atoms with Crippen LogP contribution in [0.2, 0.25) is 0 Å². The molecule has 0 fully saturated rings. The second kappa shape index (κ2) is 5.47. The molecule has 20 heavy (non-hydrogen) atoms. The number of hydrogen-bond acceptors (Lipinski definition) is 3. The van der Waals surface area contributed by atoms with E-state index in [1.807, 2.05) is 23.6 Å². The first-order valence-electron chi connectivity index (χ1n) is 6.61. The van der Waals surface area contributed by atoms with E-state index in [0.717, 1.165) is 28.2 Å². The molecule has 0 amide bonds. The standard InChI is InChI=1S/C17H15NOS/c1-2-12-7-9-13(10-8-12)15-11-20-17(18-15)14-5-3-4-6-16(14)19/h3-11,19H,2H2,1H3. The molecule has 0 aliphatic carbocycles. The van der Waals surface area contributed by atoms with Crippen LogP contribution in [0.15, 0.2) is 53.9 Å². The molecule has 0 aliphatic rings. The lowest BCUT2D eigenvalue weighted by atomic mass is 10.1. The fourth-order valence-electron chi connectivity index (χ4n) is 2.10. The zero-order valence-corrected chi connectivity index (χ0v) is 12.0. The highest BCUT2D eigenvalue weighted by Crippen LogP contribution is 2.33. The first-order valence-corrected chi connectivity index (χ1v) is 7.49. The Balaban J connectivity index is 1.95. The number of thiazole rings is 1. The van der Waals surface area contributed by atoms with Gasteiger partial charge in [0.1, 0.15) is 10.8 Å². The van der Waals surface area contributed by atoms with Crippen molar-refractivity contribution in [3.63, 3.8) is 0 Å². The van der Waals surface area contributed by atoms with Crippen molar-refractivity contribution >= 4 is 11.3 Å². The molecule has 3 aromatic rings. The number of aromatic nitrogens is 1. The highest BCUT2D eigenvalue weighted by molar-refractivity contribution is 7.13. The van der Waals surface area contributed by atoms with E-state index in [9.17, 15) is 5.11 Å². The Labute approximate surface area is 122 Å². The predicted molar refractivity (Wildman–Crippen MR) is 84.0 cm³/mol. The van der Waals surface area contributed by atoms with Crippen LogP contribution in [-0.2, 0) is 6.42 Å². The zero-order chi connectivity index (χ0) is 13.9. The van der Waals surface area contributed by atoms with E-state index in [4.69, 9.17) is 0 Å². The van der Waals surface area contributed by atoms with Crippen molar-refractivity contribution in [2.75, 3.05) is 0 Å². The molecule has 1 heterocycles. The van der Waals surface area contributed by atoms with Crippen LogP contribution in [0.4, 0.5) is 0 Å². The monoisotopic (exact) mass is 281 g/mol. The molecule has 0 radical (unpaired) electrons. The van der Waals surface area contributed by atoms with Gasteiger partial charge in [-0.15, -0.1) is 11.3 Å². The smallest absolute Gasteiger partial charge is 0.127 e. The molecule has 0 aliphatic heterocycles. The molecule has 100 valence electrons. The number of nitrogens with zero attached hydrogens (tertiary/aromatic N) is 1. The molecule has 0 spiro atoms. The van der Waals surface area contributed by atoms with Gasteiger partial charge in [0.2, 0.25) is 0 Å². The molecule has 0 saturated carbocycles. The predicted octanol–water partition coefficient (Wildman–Crippen LogP) is 4.75. The summed E-state index contributed by atoms with van der Waals surface area (Å²) in [6.45, 7) is 2.15. The molecular weight excluding hydrogens is 266 g/mol. The molecular formula is C17H15NOS. The molecule has 1 N–H and O–H groups in total. The average molecular weight is 281 g/mol. The lowest BCUT2D eigenvalue weighted by Gasteiger charge is -2.00. The molecule has 3 rings (SSSR count). The van der Waals surface area contributed by atoms with Crippen molar-refractivity contribution in [3.8, 4) is 27.6 Å². The number of para-hydroxylation sites is 1. The molecule has 0 unspecified atom stereocenters. The maximum absolute atomic E-state index is 9.88. The van der Waals surface area contributed by atoms with Crippen molar-refractivity contribution in [1.29, 1.82) is 0 Å². The number of rotatable bonds is 3. The second-order valence-corrected chi connectivity index (χ2v) is 5.46. The third-order valence-corrected chi connectivity index (χ3v) is 4.17.